The van der Waals surface area contributed by atoms with Crippen LogP contribution in [0.1, 0.15) is 24.8 Å². The summed E-state index contributed by atoms with van der Waals surface area (Å²) in [5.41, 5.74) is 9.39. The van der Waals surface area contributed by atoms with Gasteiger partial charge in [0, 0.05) is 6.54 Å². The molecular weight excluding hydrogens is 242 g/mol. The Labute approximate surface area is 113 Å². The van der Waals surface area contributed by atoms with E-state index in [9.17, 15) is 0 Å². The zero-order valence-corrected chi connectivity index (χ0v) is 12.0. The molecule has 0 fully saturated rings. The number of thioether (sulfide) groups is 1. The summed E-state index contributed by atoms with van der Waals surface area (Å²) >= 11 is 1.91. The van der Waals surface area contributed by atoms with Crippen LogP contribution in [0.5, 0.6) is 0 Å². The summed E-state index contributed by atoms with van der Waals surface area (Å²) in [6, 6.07) is 6.33. The predicted octanol–water partition coefficient (Wildman–Crippen LogP) is 3.46. The topological polar surface area (TPSA) is 43.8 Å². The molecule has 0 atom stereocenters. The number of nitrogen functional groups attached to an aromatic ring is 1. The van der Waals surface area contributed by atoms with Gasteiger partial charge in [0.15, 0.2) is 0 Å². The van der Waals surface area contributed by atoms with Crippen molar-refractivity contribution in [2.75, 3.05) is 17.7 Å². The van der Waals surface area contributed by atoms with Crippen LogP contribution in [0.15, 0.2) is 18.2 Å². The molecule has 0 saturated heterocycles. The first-order valence-electron chi connectivity index (χ1n) is 6.43. The Bertz CT molecular complexity index is 519. The van der Waals surface area contributed by atoms with E-state index < -0.39 is 0 Å². The molecule has 2 N–H and O–H groups in total. The van der Waals surface area contributed by atoms with Crippen LogP contribution < -0.4 is 5.73 Å². The van der Waals surface area contributed by atoms with Crippen molar-refractivity contribution in [3.63, 3.8) is 0 Å². The molecule has 0 amide bonds. The lowest BCUT2D eigenvalue weighted by Crippen LogP contribution is -2.03. The van der Waals surface area contributed by atoms with Crippen LogP contribution in [0, 0.1) is 6.92 Å². The lowest BCUT2D eigenvalue weighted by molar-refractivity contribution is 0.621. The Hall–Kier alpha value is -1.16. The van der Waals surface area contributed by atoms with Crippen molar-refractivity contribution in [3.05, 3.63) is 23.8 Å². The van der Waals surface area contributed by atoms with Gasteiger partial charge >= 0.3 is 0 Å². The quantitative estimate of drug-likeness (QED) is 0.812. The lowest BCUT2D eigenvalue weighted by atomic mass is 10.2. The second-order valence-corrected chi connectivity index (χ2v) is 5.65. The second-order valence-electron chi connectivity index (χ2n) is 4.67. The molecule has 0 spiro atoms. The van der Waals surface area contributed by atoms with E-state index in [2.05, 4.69) is 40.9 Å². The van der Waals surface area contributed by atoms with E-state index in [-0.39, 0.29) is 0 Å². The number of aromatic nitrogens is 2. The second kappa shape index (κ2) is 6.14. The van der Waals surface area contributed by atoms with Gasteiger partial charge in [-0.25, -0.2) is 4.98 Å². The molecule has 0 bridgehead atoms. The minimum Gasteiger partial charge on any atom is -0.369 e. The number of aryl methyl sites for hydroxylation is 2. The summed E-state index contributed by atoms with van der Waals surface area (Å²) in [5, 5.41) is 0. The van der Waals surface area contributed by atoms with Crippen LogP contribution >= 0.6 is 11.8 Å². The SMILES string of the molecule is CSCCCCCn1c(N)nc2cc(C)ccc21. The highest BCUT2D eigenvalue weighted by molar-refractivity contribution is 7.98. The van der Waals surface area contributed by atoms with Gasteiger partial charge in [-0.15, -0.1) is 0 Å². The average Bonchev–Trinajstić information content (AvgIpc) is 2.64. The number of benzene rings is 1. The van der Waals surface area contributed by atoms with Gasteiger partial charge in [0.1, 0.15) is 0 Å². The first-order chi connectivity index (χ1) is 8.72. The molecule has 2 aromatic rings. The maximum absolute atomic E-state index is 5.99. The summed E-state index contributed by atoms with van der Waals surface area (Å²) in [7, 11) is 0. The van der Waals surface area contributed by atoms with Gasteiger partial charge in [0.2, 0.25) is 5.95 Å². The maximum Gasteiger partial charge on any atom is 0.201 e. The Balaban J connectivity index is 2.05. The third-order valence-electron chi connectivity index (χ3n) is 3.16. The van der Waals surface area contributed by atoms with Crippen molar-refractivity contribution >= 4 is 28.7 Å². The molecule has 4 heteroatoms. The van der Waals surface area contributed by atoms with E-state index in [1.54, 1.807) is 0 Å². The van der Waals surface area contributed by atoms with Gasteiger partial charge in [0.05, 0.1) is 11.0 Å². The smallest absolute Gasteiger partial charge is 0.201 e. The van der Waals surface area contributed by atoms with Crippen molar-refractivity contribution in [3.8, 4) is 0 Å². The monoisotopic (exact) mass is 263 g/mol. The number of hydrogen-bond donors (Lipinski definition) is 1. The molecule has 0 aliphatic rings. The van der Waals surface area contributed by atoms with Crippen molar-refractivity contribution < 1.29 is 0 Å². The minimum absolute atomic E-state index is 0.639. The zero-order valence-electron chi connectivity index (χ0n) is 11.1. The molecule has 0 aliphatic carbocycles. The zero-order chi connectivity index (χ0) is 13.0. The van der Waals surface area contributed by atoms with Crippen molar-refractivity contribution in [1.82, 2.24) is 9.55 Å². The summed E-state index contributed by atoms with van der Waals surface area (Å²) in [6.07, 6.45) is 5.87. The molecule has 0 unspecified atom stereocenters. The Morgan fingerprint density at radius 3 is 2.89 bits per heavy atom. The highest BCUT2D eigenvalue weighted by Gasteiger charge is 2.07. The van der Waals surface area contributed by atoms with E-state index in [0.29, 0.717) is 5.95 Å². The first-order valence-corrected chi connectivity index (χ1v) is 7.83. The molecule has 98 valence electrons. The first kappa shape index (κ1) is 13.3. The van der Waals surface area contributed by atoms with Crippen LogP contribution in [0.3, 0.4) is 0 Å². The van der Waals surface area contributed by atoms with Gasteiger partial charge < -0.3 is 10.3 Å². The number of rotatable bonds is 6. The number of anilines is 1. The van der Waals surface area contributed by atoms with E-state index in [4.69, 9.17) is 5.73 Å². The average molecular weight is 263 g/mol. The number of nitrogens with zero attached hydrogens (tertiary/aromatic N) is 2. The molecule has 0 saturated carbocycles. The van der Waals surface area contributed by atoms with Gasteiger partial charge in [-0.2, -0.15) is 11.8 Å². The summed E-state index contributed by atoms with van der Waals surface area (Å²) in [6.45, 7) is 3.05. The van der Waals surface area contributed by atoms with E-state index in [1.807, 2.05) is 11.8 Å². The van der Waals surface area contributed by atoms with E-state index in [0.717, 1.165) is 17.6 Å². The standard InChI is InChI=1S/C14H21N3S/c1-11-6-7-13-12(10-11)16-14(15)17(13)8-4-3-5-9-18-2/h6-7,10H,3-5,8-9H2,1-2H3,(H2,15,16). The molecule has 0 aliphatic heterocycles. The van der Waals surface area contributed by atoms with Crippen molar-refractivity contribution in [1.29, 1.82) is 0 Å². The Morgan fingerprint density at radius 1 is 1.28 bits per heavy atom. The molecule has 1 heterocycles. The third-order valence-corrected chi connectivity index (χ3v) is 3.86. The number of hydrogen-bond acceptors (Lipinski definition) is 3. The van der Waals surface area contributed by atoms with Crippen LogP contribution in [0.25, 0.3) is 11.0 Å². The summed E-state index contributed by atoms with van der Waals surface area (Å²) in [5.74, 6) is 1.89. The number of fused-ring (bicyclic) bond motifs is 1. The Kier molecular flexibility index (Phi) is 4.53. The van der Waals surface area contributed by atoms with Crippen LogP contribution in [0.2, 0.25) is 0 Å². The van der Waals surface area contributed by atoms with E-state index in [1.165, 1.54) is 30.6 Å². The molecule has 0 radical (unpaired) electrons. The molecule has 1 aromatic heterocycles. The molecule has 3 nitrogen and oxygen atoms in total. The molecule has 2 rings (SSSR count). The number of imidazole rings is 1. The number of unbranched alkanes of at least 4 members (excludes halogenated alkanes) is 2. The highest BCUT2D eigenvalue weighted by Crippen LogP contribution is 2.20. The van der Waals surface area contributed by atoms with E-state index >= 15 is 0 Å². The predicted molar refractivity (Wildman–Crippen MR) is 81.1 cm³/mol. The third kappa shape index (κ3) is 2.99. The minimum atomic E-state index is 0.639. The van der Waals surface area contributed by atoms with Crippen LogP contribution in [-0.2, 0) is 6.54 Å². The highest BCUT2D eigenvalue weighted by atomic mass is 32.2. The Morgan fingerprint density at radius 2 is 2.11 bits per heavy atom. The molecule has 1 aromatic carbocycles. The number of nitrogens with two attached hydrogens (primary N) is 1. The largest absolute Gasteiger partial charge is 0.369 e. The van der Waals surface area contributed by atoms with Crippen molar-refractivity contribution in [2.45, 2.75) is 32.7 Å². The summed E-state index contributed by atoms with van der Waals surface area (Å²) < 4.78 is 2.13. The molecular formula is C14H21N3S. The van der Waals surface area contributed by atoms with Crippen LogP contribution in [-0.4, -0.2) is 21.6 Å². The lowest BCUT2D eigenvalue weighted by Gasteiger charge is -2.06. The fraction of sp³-hybridized carbons (Fsp3) is 0.500. The molecule has 18 heavy (non-hydrogen) atoms. The van der Waals surface area contributed by atoms with Gasteiger partial charge in [-0.05, 0) is 49.5 Å². The summed E-state index contributed by atoms with van der Waals surface area (Å²) in [4.78, 5) is 4.43. The van der Waals surface area contributed by atoms with Gasteiger partial charge in [0.25, 0.3) is 0 Å². The van der Waals surface area contributed by atoms with Gasteiger partial charge in [-0.3, -0.25) is 0 Å². The maximum atomic E-state index is 5.99. The van der Waals surface area contributed by atoms with Crippen LogP contribution in [0.4, 0.5) is 5.95 Å². The fourth-order valence-corrected chi connectivity index (χ4v) is 2.68. The normalized spacial score (nSPS) is 11.2. The van der Waals surface area contributed by atoms with Gasteiger partial charge in [-0.1, -0.05) is 12.5 Å². The fourth-order valence-electron chi connectivity index (χ4n) is 2.19. The van der Waals surface area contributed by atoms with Crippen molar-refractivity contribution in [2.24, 2.45) is 0 Å².